The van der Waals surface area contributed by atoms with Crippen LogP contribution < -0.4 is 10.7 Å². The number of rotatable bonds is 5. The Morgan fingerprint density at radius 1 is 0.963 bits per heavy atom. The van der Waals surface area contributed by atoms with Gasteiger partial charge >= 0.3 is 0 Å². The molecule has 136 valence electrons. The molecule has 0 radical (unpaired) electrons. The van der Waals surface area contributed by atoms with Crippen molar-refractivity contribution in [1.29, 1.82) is 0 Å². The number of carbonyl (C=O) groups is 2. The second-order valence-corrected chi connectivity index (χ2v) is 6.65. The fourth-order valence-corrected chi connectivity index (χ4v) is 2.56. The summed E-state index contributed by atoms with van der Waals surface area (Å²) in [6.45, 7) is 1.53. The molecule has 1 heterocycles. The van der Waals surface area contributed by atoms with Crippen molar-refractivity contribution in [3.63, 3.8) is 0 Å². The highest BCUT2D eigenvalue weighted by Crippen LogP contribution is 2.14. The Kier molecular flexibility index (Phi) is 5.83. The first kappa shape index (κ1) is 18.6. The van der Waals surface area contributed by atoms with Crippen molar-refractivity contribution in [1.82, 2.24) is 9.99 Å². The maximum absolute atomic E-state index is 12.2. The van der Waals surface area contributed by atoms with Crippen LogP contribution in [-0.4, -0.2) is 22.1 Å². The van der Waals surface area contributed by atoms with Crippen LogP contribution in [0.5, 0.6) is 0 Å². The summed E-state index contributed by atoms with van der Waals surface area (Å²) in [5, 5.41) is 6.59. The van der Waals surface area contributed by atoms with E-state index in [0.29, 0.717) is 11.3 Å². The number of hydrogen-bond acceptors (Lipinski definition) is 3. The normalized spacial score (nSPS) is 11.1. The number of aromatic nitrogens is 1. The SMILES string of the molecule is C/C(=N\NC(=O)c1ccc(-n2cccc2)cc1)C(=O)Nc1ccc(Br)cc1. The van der Waals surface area contributed by atoms with Crippen molar-refractivity contribution in [3.05, 3.63) is 83.1 Å². The summed E-state index contributed by atoms with van der Waals surface area (Å²) < 4.78 is 2.86. The van der Waals surface area contributed by atoms with Gasteiger partial charge in [0.2, 0.25) is 0 Å². The zero-order valence-electron chi connectivity index (χ0n) is 14.5. The molecule has 3 rings (SSSR count). The van der Waals surface area contributed by atoms with Crippen LogP contribution >= 0.6 is 15.9 Å². The molecule has 0 bridgehead atoms. The Bertz CT molecular complexity index is 962. The highest BCUT2D eigenvalue weighted by Gasteiger charge is 2.09. The maximum Gasteiger partial charge on any atom is 0.271 e. The van der Waals surface area contributed by atoms with Crippen LogP contribution in [0.15, 0.2) is 82.6 Å². The van der Waals surface area contributed by atoms with Crippen molar-refractivity contribution < 1.29 is 9.59 Å². The van der Waals surface area contributed by atoms with Gasteiger partial charge in [0, 0.05) is 33.8 Å². The Balaban J connectivity index is 1.59. The van der Waals surface area contributed by atoms with Crippen molar-refractivity contribution in [2.75, 3.05) is 5.32 Å². The smallest absolute Gasteiger partial charge is 0.271 e. The minimum absolute atomic E-state index is 0.148. The molecule has 0 aliphatic heterocycles. The molecule has 2 amide bonds. The molecule has 27 heavy (non-hydrogen) atoms. The third kappa shape index (κ3) is 4.92. The summed E-state index contributed by atoms with van der Waals surface area (Å²) in [5.74, 6) is -0.773. The molecule has 0 aliphatic rings. The lowest BCUT2D eigenvalue weighted by molar-refractivity contribution is -0.110. The fraction of sp³-hybridized carbons (Fsp3) is 0.0500. The number of nitrogens with one attached hydrogen (secondary N) is 2. The van der Waals surface area contributed by atoms with Crippen LogP contribution in [0.3, 0.4) is 0 Å². The molecule has 0 atom stereocenters. The summed E-state index contributed by atoms with van der Waals surface area (Å²) in [7, 11) is 0. The highest BCUT2D eigenvalue weighted by atomic mass is 79.9. The minimum atomic E-state index is -0.388. The first-order valence-corrected chi connectivity index (χ1v) is 8.97. The second-order valence-electron chi connectivity index (χ2n) is 5.74. The number of carbonyl (C=O) groups excluding carboxylic acids is 2. The van der Waals surface area contributed by atoms with Gasteiger partial charge in [0.05, 0.1) is 0 Å². The van der Waals surface area contributed by atoms with Gasteiger partial charge in [0.25, 0.3) is 11.8 Å². The van der Waals surface area contributed by atoms with Crippen molar-refractivity contribution in [2.24, 2.45) is 5.10 Å². The molecule has 2 aromatic carbocycles. The standard InChI is InChI=1S/C20H17BrN4O2/c1-14(19(26)22-17-8-6-16(21)7-9-17)23-24-20(27)15-4-10-18(11-5-15)25-12-2-3-13-25/h2-13H,1H3,(H,22,26)(H,24,27)/b23-14+. The lowest BCUT2D eigenvalue weighted by Gasteiger charge is -2.06. The van der Waals surface area contributed by atoms with E-state index < -0.39 is 0 Å². The predicted octanol–water partition coefficient (Wildman–Crippen LogP) is 3.98. The van der Waals surface area contributed by atoms with E-state index in [-0.39, 0.29) is 17.5 Å². The lowest BCUT2D eigenvalue weighted by atomic mass is 10.2. The van der Waals surface area contributed by atoms with E-state index in [2.05, 4.69) is 31.8 Å². The molecule has 0 saturated carbocycles. The van der Waals surface area contributed by atoms with E-state index in [4.69, 9.17) is 0 Å². The number of nitrogens with zero attached hydrogens (tertiary/aromatic N) is 2. The van der Waals surface area contributed by atoms with E-state index in [1.807, 2.05) is 53.4 Å². The van der Waals surface area contributed by atoms with Gasteiger partial charge < -0.3 is 9.88 Å². The molecular weight excluding hydrogens is 408 g/mol. The van der Waals surface area contributed by atoms with Gasteiger partial charge in [0.15, 0.2) is 0 Å². The third-order valence-electron chi connectivity index (χ3n) is 3.79. The van der Waals surface area contributed by atoms with Gasteiger partial charge in [-0.25, -0.2) is 5.43 Å². The van der Waals surface area contributed by atoms with Crippen LogP contribution in [0, 0.1) is 0 Å². The van der Waals surface area contributed by atoms with Crippen LogP contribution in [0.4, 0.5) is 5.69 Å². The molecule has 2 N–H and O–H groups in total. The van der Waals surface area contributed by atoms with E-state index in [9.17, 15) is 9.59 Å². The first-order valence-electron chi connectivity index (χ1n) is 8.18. The summed E-state index contributed by atoms with van der Waals surface area (Å²) in [6.07, 6.45) is 3.85. The van der Waals surface area contributed by atoms with E-state index in [1.54, 1.807) is 24.3 Å². The Morgan fingerprint density at radius 3 is 2.22 bits per heavy atom. The van der Waals surface area contributed by atoms with Crippen molar-refractivity contribution in [2.45, 2.75) is 6.92 Å². The summed E-state index contributed by atoms with van der Waals surface area (Å²) in [5.41, 5.74) is 4.60. The van der Waals surface area contributed by atoms with Crippen molar-refractivity contribution in [3.8, 4) is 5.69 Å². The summed E-state index contributed by atoms with van der Waals surface area (Å²) >= 11 is 3.33. The van der Waals surface area contributed by atoms with Crippen LogP contribution in [0.1, 0.15) is 17.3 Å². The number of amides is 2. The number of hydrogen-bond donors (Lipinski definition) is 2. The number of benzene rings is 2. The van der Waals surface area contributed by atoms with E-state index in [1.165, 1.54) is 6.92 Å². The molecule has 6 nitrogen and oxygen atoms in total. The van der Waals surface area contributed by atoms with Gasteiger partial charge in [-0.1, -0.05) is 15.9 Å². The number of hydrazone groups is 1. The molecule has 1 aromatic heterocycles. The van der Waals surface area contributed by atoms with Crippen LogP contribution in [0.25, 0.3) is 5.69 Å². The van der Waals surface area contributed by atoms with Crippen LogP contribution in [-0.2, 0) is 4.79 Å². The monoisotopic (exact) mass is 424 g/mol. The quantitative estimate of drug-likeness (QED) is 0.479. The summed E-state index contributed by atoms with van der Waals surface area (Å²) in [6, 6.07) is 18.1. The van der Waals surface area contributed by atoms with Crippen LogP contribution in [0.2, 0.25) is 0 Å². The molecule has 0 aliphatic carbocycles. The molecule has 3 aromatic rings. The van der Waals surface area contributed by atoms with E-state index >= 15 is 0 Å². The molecule has 0 saturated heterocycles. The minimum Gasteiger partial charge on any atom is -0.324 e. The Hall–Kier alpha value is -3.19. The zero-order chi connectivity index (χ0) is 19.2. The maximum atomic E-state index is 12.2. The van der Waals surface area contributed by atoms with Gasteiger partial charge in [-0.2, -0.15) is 5.10 Å². The van der Waals surface area contributed by atoms with Gasteiger partial charge in [-0.05, 0) is 67.6 Å². The molecule has 0 unspecified atom stereocenters. The van der Waals surface area contributed by atoms with E-state index in [0.717, 1.165) is 10.2 Å². The lowest BCUT2D eigenvalue weighted by Crippen LogP contribution is -2.25. The summed E-state index contributed by atoms with van der Waals surface area (Å²) in [4.78, 5) is 24.3. The largest absolute Gasteiger partial charge is 0.324 e. The molecule has 0 fully saturated rings. The third-order valence-corrected chi connectivity index (χ3v) is 4.32. The highest BCUT2D eigenvalue weighted by molar-refractivity contribution is 9.10. The fourth-order valence-electron chi connectivity index (χ4n) is 2.30. The zero-order valence-corrected chi connectivity index (χ0v) is 16.1. The predicted molar refractivity (Wildman–Crippen MR) is 109 cm³/mol. The molecule has 7 heteroatoms. The Labute approximate surface area is 165 Å². The van der Waals surface area contributed by atoms with Gasteiger partial charge in [-0.3, -0.25) is 9.59 Å². The topological polar surface area (TPSA) is 75.5 Å². The molecule has 0 spiro atoms. The number of halogens is 1. The first-order chi connectivity index (χ1) is 13.0. The average molecular weight is 425 g/mol. The van der Waals surface area contributed by atoms with Gasteiger partial charge in [0.1, 0.15) is 5.71 Å². The Morgan fingerprint density at radius 2 is 1.59 bits per heavy atom. The van der Waals surface area contributed by atoms with Crippen molar-refractivity contribution >= 4 is 39.1 Å². The van der Waals surface area contributed by atoms with Gasteiger partial charge in [-0.15, -0.1) is 0 Å². The average Bonchev–Trinajstić information content (AvgIpc) is 3.22. The molecular formula is C20H17BrN4O2. The number of anilines is 1. The second kappa shape index (κ2) is 8.46.